The van der Waals surface area contributed by atoms with Crippen LogP contribution >= 0.6 is 0 Å². The van der Waals surface area contributed by atoms with Crippen LogP contribution in [-0.2, 0) is 9.59 Å². The van der Waals surface area contributed by atoms with Gasteiger partial charge in [0, 0.05) is 30.6 Å². The van der Waals surface area contributed by atoms with Crippen molar-refractivity contribution in [3.05, 3.63) is 0 Å². The lowest BCUT2D eigenvalue weighted by Crippen LogP contribution is -2.54. The maximum Gasteiger partial charge on any atom is 0.244 e. The normalized spacial score (nSPS) is 29.9. The molecule has 0 radical (unpaired) electrons. The molecular weight excluding hydrogens is 266 g/mol. The molecule has 2 heterocycles. The van der Waals surface area contributed by atoms with Crippen LogP contribution in [0.5, 0.6) is 0 Å². The van der Waals surface area contributed by atoms with E-state index in [0.29, 0.717) is 18.1 Å². The van der Waals surface area contributed by atoms with E-state index in [1.165, 1.54) is 12.8 Å². The van der Waals surface area contributed by atoms with Crippen molar-refractivity contribution >= 4 is 11.8 Å². The second-order valence-electron chi connectivity index (χ2n) is 7.66. The van der Waals surface area contributed by atoms with Crippen LogP contribution < -0.4 is 10.6 Å². The average Bonchev–Trinajstić information content (AvgIpc) is 2.74. The molecule has 2 fully saturated rings. The van der Waals surface area contributed by atoms with Crippen molar-refractivity contribution in [1.82, 2.24) is 15.5 Å². The fraction of sp³-hybridized carbons (Fsp3) is 0.875. The van der Waals surface area contributed by atoms with Gasteiger partial charge < -0.3 is 15.5 Å². The van der Waals surface area contributed by atoms with E-state index in [2.05, 4.69) is 10.6 Å². The lowest BCUT2D eigenvalue weighted by atomic mass is 9.95. The zero-order valence-corrected chi connectivity index (χ0v) is 13.9. The first kappa shape index (κ1) is 16.3. The summed E-state index contributed by atoms with van der Waals surface area (Å²) in [4.78, 5) is 26.4. The van der Waals surface area contributed by atoms with Crippen LogP contribution in [0.3, 0.4) is 0 Å². The molecule has 21 heavy (non-hydrogen) atoms. The van der Waals surface area contributed by atoms with Crippen LogP contribution in [0, 0.1) is 5.41 Å². The minimum Gasteiger partial charge on any atom is -0.344 e. The third-order valence-electron chi connectivity index (χ3n) is 4.74. The number of hydrogen-bond acceptors (Lipinski definition) is 3. The van der Waals surface area contributed by atoms with Gasteiger partial charge in [0.2, 0.25) is 11.8 Å². The molecule has 120 valence electrons. The Hall–Kier alpha value is -1.10. The summed E-state index contributed by atoms with van der Waals surface area (Å²) in [5, 5.41) is 6.42. The molecule has 5 heteroatoms. The monoisotopic (exact) mass is 295 g/mol. The number of carbonyl (C=O) groups excluding carboxylic acids is 2. The highest BCUT2D eigenvalue weighted by atomic mass is 16.2. The van der Waals surface area contributed by atoms with Crippen LogP contribution in [0.1, 0.15) is 53.4 Å². The van der Waals surface area contributed by atoms with Gasteiger partial charge in [0.1, 0.15) is 6.04 Å². The standard InChI is InChI=1S/C16H29N3O2/c1-10(17-15(21)16(2,3)4)14(20)19(5)13-8-11-6-7-12(9-13)18-11/h10-13,18H,6-9H2,1-5H3,(H,17,21). The molecule has 0 saturated carbocycles. The third kappa shape index (κ3) is 3.76. The van der Waals surface area contributed by atoms with Gasteiger partial charge in [-0.3, -0.25) is 9.59 Å². The molecule has 5 nitrogen and oxygen atoms in total. The van der Waals surface area contributed by atoms with E-state index < -0.39 is 11.5 Å². The molecule has 3 unspecified atom stereocenters. The van der Waals surface area contributed by atoms with Gasteiger partial charge in [-0.05, 0) is 32.6 Å². The highest BCUT2D eigenvalue weighted by Crippen LogP contribution is 2.29. The van der Waals surface area contributed by atoms with Crippen LogP contribution in [0.25, 0.3) is 0 Å². The molecule has 2 bridgehead atoms. The van der Waals surface area contributed by atoms with Gasteiger partial charge >= 0.3 is 0 Å². The number of likely N-dealkylation sites (N-methyl/N-ethyl adjacent to an activating group) is 1. The van der Waals surface area contributed by atoms with Crippen LogP contribution in [0.15, 0.2) is 0 Å². The zero-order chi connectivity index (χ0) is 15.8. The number of carbonyl (C=O) groups is 2. The highest BCUT2D eigenvalue weighted by molar-refractivity contribution is 5.89. The Morgan fingerprint density at radius 1 is 1.19 bits per heavy atom. The Kier molecular flexibility index (Phi) is 4.61. The number of amides is 2. The Balaban J connectivity index is 1.91. The molecule has 0 aliphatic carbocycles. The van der Waals surface area contributed by atoms with Gasteiger partial charge in [-0.1, -0.05) is 20.8 Å². The number of piperidine rings is 1. The Bertz CT molecular complexity index is 404. The second kappa shape index (κ2) is 5.95. The molecule has 2 N–H and O–H groups in total. The van der Waals surface area contributed by atoms with Gasteiger partial charge in [0.15, 0.2) is 0 Å². The lowest BCUT2D eigenvalue weighted by Gasteiger charge is -2.37. The van der Waals surface area contributed by atoms with E-state index in [9.17, 15) is 9.59 Å². The van der Waals surface area contributed by atoms with Crippen molar-refractivity contribution in [2.45, 2.75) is 77.5 Å². The molecule has 2 amide bonds. The summed E-state index contributed by atoms with van der Waals surface area (Å²) in [5.41, 5.74) is -0.471. The van der Waals surface area contributed by atoms with E-state index in [1.807, 2.05) is 32.7 Å². The second-order valence-corrected chi connectivity index (χ2v) is 7.66. The van der Waals surface area contributed by atoms with Crippen LogP contribution in [-0.4, -0.2) is 47.9 Å². The first-order chi connectivity index (χ1) is 9.68. The number of rotatable bonds is 3. The topological polar surface area (TPSA) is 61.4 Å². The van der Waals surface area contributed by atoms with E-state index in [0.717, 1.165) is 12.8 Å². The minimum atomic E-state index is -0.471. The van der Waals surface area contributed by atoms with Crippen molar-refractivity contribution in [2.24, 2.45) is 5.41 Å². The number of nitrogens with zero attached hydrogens (tertiary/aromatic N) is 1. The summed E-state index contributed by atoms with van der Waals surface area (Å²) in [6.07, 6.45) is 4.50. The Morgan fingerprint density at radius 2 is 1.71 bits per heavy atom. The molecule has 2 aliphatic heterocycles. The number of hydrogen-bond donors (Lipinski definition) is 2. The summed E-state index contributed by atoms with van der Waals surface area (Å²) in [6.45, 7) is 7.34. The average molecular weight is 295 g/mol. The van der Waals surface area contributed by atoms with Crippen LogP contribution in [0.4, 0.5) is 0 Å². The fourth-order valence-corrected chi connectivity index (χ4v) is 3.30. The molecule has 0 spiro atoms. The SMILES string of the molecule is CC(NC(=O)C(C)(C)C)C(=O)N(C)C1CC2CCC(C1)N2. The first-order valence-electron chi connectivity index (χ1n) is 8.02. The van der Waals surface area contributed by atoms with E-state index in [1.54, 1.807) is 6.92 Å². The van der Waals surface area contributed by atoms with Crippen molar-refractivity contribution in [3.63, 3.8) is 0 Å². The third-order valence-corrected chi connectivity index (χ3v) is 4.74. The van der Waals surface area contributed by atoms with Gasteiger partial charge in [-0.15, -0.1) is 0 Å². The van der Waals surface area contributed by atoms with Gasteiger partial charge in [0.05, 0.1) is 0 Å². The van der Waals surface area contributed by atoms with E-state index >= 15 is 0 Å². The number of nitrogens with one attached hydrogen (secondary N) is 2. The maximum absolute atomic E-state index is 12.5. The van der Waals surface area contributed by atoms with Gasteiger partial charge in [0.25, 0.3) is 0 Å². The summed E-state index contributed by atoms with van der Waals surface area (Å²) < 4.78 is 0. The molecule has 0 aromatic heterocycles. The molecular formula is C16H29N3O2. The fourth-order valence-electron chi connectivity index (χ4n) is 3.30. The molecule has 2 rings (SSSR count). The van der Waals surface area contributed by atoms with Gasteiger partial charge in [-0.25, -0.2) is 0 Å². The molecule has 2 aliphatic rings. The Morgan fingerprint density at radius 3 is 2.19 bits per heavy atom. The van der Waals surface area contributed by atoms with Crippen molar-refractivity contribution in [3.8, 4) is 0 Å². The first-order valence-corrected chi connectivity index (χ1v) is 8.02. The van der Waals surface area contributed by atoms with Gasteiger partial charge in [-0.2, -0.15) is 0 Å². The molecule has 3 atom stereocenters. The van der Waals surface area contributed by atoms with Crippen molar-refractivity contribution in [1.29, 1.82) is 0 Å². The Labute approximate surface area is 127 Å². The molecule has 0 aromatic rings. The number of fused-ring (bicyclic) bond motifs is 2. The molecule has 2 saturated heterocycles. The van der Waals surface area contributed by atoms with Crippen molar-refractivity contribution < 1.29 is 9.59 Å². The summed E-state index contributed by atoms with van der Waals surface area (Å²) in [6, 6.07) is 0.950. The van der Waals surface area contributed by atoms with Crippen molar-refractivity contribution in [2.75, 3.05) is 7.05 Å². The zero-order valence-electron chi connectivity index (χ0n) is 13.9. The van der Waals surface area contributed by atoms with E-state index in [4.69, 9.17) is 0 Å². The predicted molar refractivity (Wildman–Crippen MR) is 82.8 cm³/mol. The molecule has 0 aromatic carbocycles. The predicted octanol–water partition coefficient (Wildman–Crippen LogP) is 1.28. The quantitative estimate of drug-likeness (QED) is 0.824. The largest absolute Gasteiger partial charge is 0.344 e. The smallest absolute Gasteiger partial charge is 0.244 e. The van der Waals surface area contributed by atoms with Crippen LogP contribution in [0.2, 0.25) is 0 Å². The summed E-state index contributed by atoms with van der Waals surface area (Å²) in [7, 11) is 1.87. The maximum atomic E-state index is 12.5. The summed E-state index contributed by atoms with van der Waals surface area (Å²) >= 11 is 0. The minimum absolute atomic E-state index is 0.0129. The summed E-state index contributed by atoms with van der Waals surface area (Å²) in [5.74, 6) is -0.0685. The lowest BCUT2D eigenvalue weighted by molar-refractivity contribution is -0.139. The van der Waals surface area contributed by atoms with E-state index in [-0.39, 0.29) is 11.8 Å². The highest BCUT2D eigenvalue weighted by Gasteiger charge is 2.37.